The maximum atomic E-state index is 13.4. The highest BCUT2D eigenvalue weighted by atomic mass is 19.1. The number of halogens is 1. The number of nitrogens with zero attached hydrogens (tertiary/aromatic N) is 3. The van der Waals surface area contributed by atoms with Gasteiger partial charge in [-0.1, -0.05) is 30.3 Å². The van der Waals surface area contributed by atoms with E-state index in [1.165, 1.54) is 12.1 Å². The van der Waals surface area contributed by atoms with Crippen LogP contribution in [0.25, 0.3) is 0 Å². The van der Waals surface area contributed by atoms with Gasteiger partial charge in [0.1, 0.15) is 5.82 Å². The van der Waals surface area contributed by atoms with E-state index in [1.807, 2.05) is 36.2 Å². The molecule has 28 heavy (non-hydrogen) atoms. The Morgan fingerprint density at radius 1 is 1.04 bits per heavy atom. The first-order valence-corrected chi connectivity index (χ1v) is 9.63. The predicted molar refractivity (Wildman–Crippen MR) is 104 cm³/mol. The van der Waals surface area contributed by atoms with Gasteiger partial charge in [-0.2, -0.15) is 0 Å². The molecule has 1 atom stereocenters. The Hall–Kier alpha value is -2.73. The molecule has 0 bridgehead atoms. The number of likely N-dealkylation sites (N-methyl/N-ethyl adjacent to an activating group) is 1. The summed E-state index contributed by atoms with van der Waals surface area (Å²) >= 11 is 0. The number of amides is 2. The standard InChI is InChI=1S/C22H24FN3O2/c1-24-10-12-25(13-11-24)21(27)14-20(16-6-8-18(23)9-7-16)26-15-17-4-2-3-5-19(17)22(26)28/h2-9,20H,10-15H2,1H3/t20-/m0/s1. The van der Waals surface area contributed by atoms with Crippen LogP contribution in [0.5, 0.6) is 0 Å². The van der Waals surface area contributed by atoms with Crippen molar-refractivity contribution in [1.82, 2.24) is 14.7 Å². The van der Waals surface area contributed by atoms with Crippen LogP contribution in [0, 0.1) is 5.82 Å². The molecule has 1 fully saturated rings. The first-order chi connectivity index (χ1) is 13.5. The molecule has 0 unspecified atom stereocenters. The van der Waals surface area contributed by atoms with Gasteiger partial charge in [-0.3, -0.25) is 9.59 Å². The lowest BCUT2D eigenvalue weighted by atomic mass is 10.0. The van der Waals surface area contributed by atoms with E-state index in [0.29, 0.717) is 25.2 Å². The summed E-state index contributed by atoms with van der Waals surface area (Å²) in [5.41, 5.74) is 2.43. The fourth-order valence-electron chi connectivity index (χ4n) is 3.97. The van der Waals surface area contributed by atoms with E-state index in [0.717, 1.165) is 24.2 Å². The number of fused-ring (bicyclic) bond motifs is 1. The summed E-state index contributed by atoms with van der Waals surface area (Å²) in [7, 11) is 2.04. The Morgan fingerprint density at radius 2 is 1.71 bits per heavy atom. The summed E-state index contributed by atoms with van der Waals surface area (Å²) in [6.45, 7) is 3.55. The molecule has 6 heteroatoms. The quantitative estimate of drug-likeness (QED) is 0.818. The van der Waals surface area contributed by atoms with Crippen LogP contribution < -0.4 is 0 Å². The molecule has 2 aromatic carbocycles. The van der Waals surface area contributed by atoms with Gasteiger partial charge in [0, 0.05) is 38.3 Å². The normalized spacial score (nSPS) is 18.3. The van der Waals surface area contributed by atoms with Crippen LogP contribution in [-0.4, -0.2) is 59.7 Å². The number of carbonyl (C=O) groups is 2. The fraction of sp³-hybridized carbons (Fsp3) is 0.364. The zero-order valence-electron chi connectivity index (χ0n) is 16.0. The summed E-state index contributed by atoms with van der Waals surface area (Å²) in [5.74, 6) is -0.369. The van der Waals surface area contributed by atoms with Gasteiger partial charge >= 0.3 is 0 Å². The minimum atomic E-state index is -0.410. The first kappa shape index (κ1) is 18.6. The molecular formula is C22H24FN3O2. The van der Waals surface area contributed by atoms with Gasteiger partial charge in [0.05, 0.1) is 12.5 Å². The van der Waals surface area contributed by atoms with Crippen LogP contribution >= 0.6 is 0 Å². The van der Waals surface area contributed by atoms with Crippen molar-refractivity contribution in [2.24, 2.45) is 0 Å². The highest BCUT2D eigenvalue weighted by Gasteiger charge is 2.35. The van der Waals surface area contributed by atoms with Crippen LogP contribution in [0.15, 0.2) is 48.5 Å². The summed E-state index contributed by atoms with van der Waals surface area (Å²) in [4.78, 5) is 31.8. The largest absolute Gasteiger partial charge is 0.340 e. The van der Waals surface area contributed by atoms with Crippen molar-refractivity contribution >= 4 is 11.8 Å². The highest BCUT2D eigenvalue weighted by Crippen LogP contribution is 2.34. The minimum absolute atomic E-state index is 0.0335. The van der Waals surface area contributed by atoms with Crippen LogP contribution in [0.3, 0.4) is 0 Å². The number of piperazine rings is 1. The minimum Gasteiger partial charge on any atom is -0.340 e. The second-order valence-corrected chi connectivity index (χ2v) is 7.55. The van der Waals surface area contributed by atoms with E-state index in [-0.39, 0.29) is 24.1 Å². The summed E-state index contributed by atoms with van der Waals surface area (Å²) in [6.07, 6.45) is 0.203. The Balaban J connectivity index is 1.59. The Bertz CT molecular complexity index is 876. The second kappa shape index (κ2) is 7.72. The molecule has 146 valence electrons. The molecule has 0 N–H and O–H groups in total. The molecule has 2 aromatic rings. The molecule has 2 amide bonds. The maximum Gasteiger partial charge on any atom is 0.255 e. The van der Waals surface area contributed by atoms with E-state index < -0.39 is 6.04 Å². The van der Waals surface area contributed by atoms with E-state index in [4.69, 9.17) is 0 Å². The van der Waals surface area contributed by atoms with E-state index in [9.17, 15) is 14.0 Å². The Morgan fingerprint density at radius 3 is 2.39 bits per heavy atom. The topological polar surface area (TPSA) is 43.9 Å². The van der Waals surface area contributed by atoms with E-state index in [2.05, 4.69) is 4.90 Å². The molecule has 0 spiro atoms. The van der Waals surface area contributed by atoms with Crippen molar-refractivity contribution in [2.75, 3.05) is 33.2 Å². The van der Waals surface area contributed by atoms with Crippen molar-refractivity contribution < 1.29 is 14.0 Å². The smallest absolute Gasteiger partial charge is 0.255 e. The van der Waals surface area contributed by atoms with Crippen LogP contribution in [-0.2, 0) is 11.3 Å². The number of rotatable bonds is 4. The highest BCUT2D eigenvalue weighted by molar-refractivity contribution is 5.98. The third-order valence-corrected chi connectivity index (χ3v) is 5.70. The van der Waals surface area contributed by atoms with Crippen molar-refractivity contribution in [3.63, 3.8) is 0 Å². The third kappa shape index (κ3) is 3.64. The maximum absolute atomic E-state index is 13.4. The molecule has 5 nitrogen and oxygen atoms in total. The lowest BCUT2D eigenvalue weighted by Crippen LogP contribution is -2.48. The molecule has 0 saturated carbocycles. The van der Waals surface area contributed by atoms with Gasteiger partial charge < -0.3 is 14.7 Å². The van der Waals surface area contributed by atoms with E-state index >= 15 is 0 Å². The SMILES string of the molecule is CN1CCN(C(=O)C[C@@H](c2ccc(F)cc2)N2Cc3ccccc3C2=O)CC1. The molecular weight excluding hydrogens is 357 g/mol. The first-order valence-electron chi connectivity index (χ1n) is 9.63. The van der Waals surface area contributed by atoms with Crippen LogP contribution in [0.4, 0.5) is 4.39 Å². The van der Waals surface area contributed by atoms with Gasteiger partial charge in [0.15, 0.2) is 0 Å². The zero-order chi connectivity index (χ0) is 19.7. The predicted octanol–water partition coefficient (Wildman–Crippen LogP) is 2.69. The molecule has 0 radical (unpaired) electrons. The molecule has 0 aromatic heterocycles. The lowest BCUT2D eigenvalue weighted by Gasteiger charge is -2.35. The van der Waals surface area contributed by atoms with Gasteiger partial charge in [-0.15, -0.1) is 0 Å². The van der Waals surface area contributed by atoms with Crippen molar-refractivity contribution in [3.8, 4) is 0 Å². The third-order valence-electron chi connectivity index (χ3n) is 5.70. The monoisotopic (exact) mass is 381 g/mol. The zero-order valence-corrected chi connectivity index (χ0v) is 16.0. The van der Waals surface area contributed by atoms with Crippen molar-refractivity contribution in [1.29, 1.82) is 0 Å². The average molecular weight is 381 g/mol. The summed E-state index contributed by atoms with van der Waals surface area (Å²) in [6, 6.07) is 13.2. The summed E-state index contributed by atoms with van der Waals surface area (Å²) < 4.78 is 13.4. The van der Waals surface area contributed by atoms with Gasteiger partial charge in [0.25, 0.3) is 5.91 Å². The van der Waals surface area contributed by atoms with Crippen molar-refractivity contribution in [2.45, 2.75) is 19.0 Å². The Kier molecular flexibility index (Phi) is 5.13. The number of carbonyl (C=O) groups excluding carboxylic acids is 2. The number of hydrogen-bond donors (Lipinski definition) is 0. The Labute approximate surface area is 164 Å². The number of hydrogen-bond acceptors (Lipinski definition) is 3. The molecule has 2 aliphatic rings. The molecule has 0 aliphatic carbocycles. The molecule has 4 rings (SSSR count). The van der Waals surface area contributed by atoms with Crippen LogP contribution in [0.1, 0.15) is 33.9 Å². The van der Waals surface area contributed by atoms with Gasteiger partial charge in [0.2, 0.25) is 5.91 Å². The average Bonchev–Trinajstić information content (AvgIpc) is 3.04. The van der Waals surface area contributed by atoms with Gasteiger partial charge in [-0.25, -0.2) is 4.39 Å². The fourth-order valence-corrected chi connectivity index (χ4v) is 3.97. The van der Waals surface area contributed by atoms with Crippen molar-refractivity contribution in [3.05, 3.63) is 71.0 Å². The number of benzene rings is 2. The second-order valence-electron chi connectivity index (χ2n) is 7.55. The molecule has 1 saturated heterocycles. The molecule has 2 heterocycles. The lowest BCUT2D eigenvalue weighted by molar-refractivity contribution is -0.134. The molecule has 2 aliphatic heterocycles. The van der Waals surface area contributed by atoms with Gasteiger partial charge in [-0.05, 0) is 36.4 Å². The summed E-state index contributed by atoms with van der Waals surface area (Å²) in [5, 5.41) is 0. The van der Waals surface area contributed by atoms with Crippen LogP contribution in [0.2, 0.25) is 0 Å². The van der Waals surface area contributed by atoms with E-state index in [1.54, 1.807) is 17.0 Å².